The molecule has 1 heterocycles. The lowest BCUT2D eigenvalue weighted by Gasteiger charge is -2.37. The third-order valence-corrected chi connectivity index (χ3v) is 4.44. The van der Waals surface area contributed by atoms with Crippen molar-refractivity contribution < 1.29 is 14.5 Å². The molecule has 25 heavy (non-hydrogen) atoms. The molecule has 0 N–H and O–H groups in total. The van der Waals surface area contributed by atoms with E-state index in [0.29, 0.717) is 13.1 Å². The molecule has 0 aliphatic carbocycles. The average molecular weight is 361 g/mol. The normalized spacial score (nSPS) is 20.3. The van der Waals surface area contributed by atoms with Crippen LogP contribution >= 0.6 is 11.6 Å². The Morgan fingerprint density at radius 3 is 2.64 bits per heavy atom. The molecule has 6 nitrogen and oxygen atoms in total. The highest BCUT2D eigenvalue weighted by atomic mass is 35.5. The molecule has 130 valence electrons. The topological polar surface area (TPSA) is 72.7 Å². The molecule has 1 fully saturated rings. The number of non-ortho nitro benzene ring substituents is 1. The van der Waals surface area contributed by atoms with Gasteiger partial charge in [-0.25, -0.2) is 0 Å². The van der Waals surface area contributed by atoms with Gasteiger partial charge in [-0.3, -0.25) is 14.9 Å². The quantitative estimate of drug-likeness (QED) is 0.615. The Bertz CT molecular complexity index is 797. The first-order chi connectivity index (χ1) is 12.0. The molecule has 3 rings (SSSR count). The summed E-state index contributed by atoms with van der Waals surface area (Å²) in [5, 5.41) is 11.2. The molecule has 2 aromatic carbocycles. The number of hydrogen-bond acceptors (Lipinski definition) is 4. The molecule has 7 heteroatoms. The maximum absolute atomic E-state index is 12.9. The highest BCUT2D eigenvalue weighted by Gasteiger charge is 2.31. The van der Waals surface area contributed by atoms with E-state index in [1.165, 1.54) is 18.2 Å². The summed E-state index contributed by atoms with van der Waals surface area (Å²) in [5.41, 5.74) is 0.961. The predicted octanol–water partition coefficient (Wildman–Crippen LogP) is 3.85. The zero-order valence-corrected chi connectivity index (χ0v) is 14.3. The number of carbonyl (C=O) groups is 1. The van der Waals surface area contributed by atoms with Gasteiger partial charge in [-0.2, -0.15) is 0 Å². The lowest BCUT2D eigenvalue weighted by Crippen LogP contribution is -2.46. The van der Waals surface area contributed by atoms with Crippen molar-refractivity contribution in [2.24, 2.45) is 0 Å². The summed E-state index contributed by atoms with van der Waals surface area (Å²) >= 11 is 6.10. The van der Waals surface area contributed by atoms with Crippen LogP contribution in [0.1, 0.15) is 28.9 Å². The molecule has 1 aliphatic rings. The van der Waals surface area contributed by atoms with E-state index in [9.17, 15) is 14.9 Å². The number of morpholine rings is 1. The number of halogens is 1. The average Bonchev–Trinajstić information content (AvgIpc) is 2.61. The van der Waals surface area contributed by atoms with Crippen molar-refractivity contribution in [2.45, 2.75) is 19.1 Å². The van der Waals surface area contributed by atoms with Gasteiger partial charge in [-0.15, -0.1) is 0 Å². The second-order valence-corrected chi connectivity index (χ2v) is 6.38. The summed E-state index contributed by atoms with van der Waals surface area (Å²) in [6.45, 7) is 2.66. The van der Waals surface area contributed by atoms with Crippen molar-refractivity contribution in [1.29, 1.82) is 0 Å². The lowest BCUT2D eigenvalue weighted by atomic mass is 10.1. The van der Waals surface area contributed by atoms with Gasteiger partial charge >= 0.3 is 0 Å². The van der Waals surface area contributed by atoms with Crippen molar-refractivity contribution in [3.63, 3.8) is 0 Å². The van der Waals surface area contributed by atoms with E-state index in [4.69, 9.17) is 16.3 Å². The summed E-state index contributed by atoms with van der Waals surface area (Å²) in [6.07, 6.45) is -0.397. The van der Waals surface area contributed by atoms with Gasteiger partial charge < -0.3 is 9.64 Å². The first kappa shape index (κ1) is 17.4. The number of nitrogens with zero attached hydrogens (tertiary/aromatic N) is 2. The van der Waals surface area contributed by atoms with E-state index in [2.05, 4.69) is 0 Å². The zero-order chi connectivity index (χ0) is 18.0. The minimum absolute atomic E-state index is 0.136. The van der Waals surface area contributed by atoms with Gasteiger partial charge in [0.2, 0.25) is 0 Å². The fourth-order valence-electron chi connectivity index (χ4n) is 2.93. The Morgan fingerprint density at radius 2 is 1.96 bits per heavy atom. The fourth-order valence-corrected chi connectivity index (χ4v) is 3.13. The summed E-state index contributed by atoms with van der Waals surface area (Å²) in [6, 6.07) is 13.5. The number of benzene rings is 2. The molecule has 2 aromatic rings. The van der Waals surface area contributed by atoms with Gasteiger partial charge in [0.15, 0.2) is 0 Å². The van der Waals surface area contributed by atoms with E-state index in [1.807, 2.05) is 37.3 Å². The van der Waals surface area contributed by atoms with Crippen molar-refractivity contribution in [3.05, 3.63) is 74.8 Å². The van der Waals surface area contributed by atoms with E-state index in [-0.39, 0.29) is 34.4 Å². The molecule has 1 saturated heterocycles. The van der Waals surface area contributed by atoms with E-state index in [0.717, 1.165) is 5.56 Å². The van der Waals surface area contributed by atoms with Crippen LogP contribution in [0, 0.1) is 10.1 Å². The van der Waals surface area contributed by atoms with Gasteiger partial charge in [0.1, 0.15) is 6.10 Å². The SMILES string of the molecule is CC1CN(C(=O)c2cc([N+](=O)[O-])ccc2Cl)CC(c2ccccc2)O1. The minimum Gasteiger partial charge on any atom is -0.367 e. The Morgan fingerprint density at radius 1 is 1.24 bits per heavy atom. The number of nitro groups is 1. The van der Waals surface area contributed by atoms with E-state index in [1.54, 1.807) is 4.90 Å². The Hall–Kier alpha value is -2.44. The molecular weight excluding hydrogens is 344 g/mol. The molecule has 2 unspecified atom stereocenters. The summed E-state index contributed by atoms with van der Waals surface area (Å²) < 4.78 is 5.95. The fraction of sp³-hybridized carbons (Fsp3) is 0.278. The number of rotatable bonds is 3. The van der Waals surface area contributed by atoms with Crippen LogP contribution in [0.5, 0.6) is 0 Å². The van der Waals surface area contributed by atoms with Crippen LogP contribution in [-0.2, 0) is 4.74 Å². The third-order valence-electron chi connectivity index (χ3n) is 4.11. The first-order valence-electron chi connectivity index (χ1n) is 7.89. The summed E-state index contributed by atoms with van der Waals surface area (Å²) in [5.74, 6) is -0.329. The van der Waals surface area contributed by atoms with Gasteiger partial charge in [-0.05, 0) is 18.6 Å². The number of nitro benzene ring substituents is 1. The van der Waals surface area contributed by atoms with Gasteiger partial charge in [0.25, 0.3) is 11.6 Å². The van der Waals surface area contributed by atoms with Crippen molar-refractivity contribution in [1.82, 2.24) is 4.90 Å². The third kappa shape index (κ3) is 3.81. The first-order valence-corrected chi connectivity index (χ1v) is 8.27. The molecule has 2 atom stereocenters. The molecule has 0 bridgehead atoms. The van der Waals surface area contributed by atoms with Gasteiger partial charge in [0.05, 0.1) is 28.2 Å². The van der Waals surface area contributed by atoms with Crippen LogP contribution in [0.3, 0.4) is 0 Å². The molecule has 0 spiro atoms. The van der Waals surface area contributed by atoms with Crippen LogP contribution < -0.4 is 0 Å². The predicted molar refractivity (Wildman–Crippen MR) is 93.7 cm³/mol. The zero-order valence-electron chi connectivity index (χ0n) is 13.6. The molecule has 0 radical (unpaired) electrons. The van der Waals surface area contributed by atoms with Crippen molar-refractivity contribution >= 4 is 23.2 Å². The highest BCUT2D eigenvalue weighted by molar-refractivity contribution is 6.33. The lowest BCUT2D eigenvalue weighted by molar-refractivity contribution is -0.384. The highest BCUT2D eigenvalue weighted by Crippen LogP contribution is 2.28. The summed E-state index contributed by atoms with van der Waals surface area (Å²) in [4.78, 5) is 24.9. The second-order valence-electron chi connectivity index (χ2n) is 5.98. The maximum atomic E-state index is 12.9. The molecule has 1 amide bonds. The van der Waals surface area contributed by atoms with Gasteiger partial charge in [-0.1, -0.05) is 41.9 Å². The Balaban J connectivity index is 1.86. The number of amides is 1. The van der Waals surface area contributed by atoms with Crippen molar-refractivity contribution in [2.75, 3.05) is 13.1 Å². The molecule has 0 aromatic heterocycles. The second kappa shape index (κ2) is 7.21. The van der Waals surface area contributed by atoms with Crippen LogP contribution in [-0.4, -0.2) is 34.9 Å². The number of hydrogen-bond donors (Lipinski definition) is 0. The van der Waals surface area contributed by atoms with Gasteiger partial charge in [0, 0.05) is 18.7 Å². The van der Waals surface area contributed by atoms with Crippen molar-refractivity contribution in [3.8, 4) is 0 Å². The van der Waals surface area contributed by atoms with Crippen LogP contribution in [0.2, 0.25) is 5.02 Å². The van der Waals surface area contributed by atoms with Crippen LogP contribution in [0.15, 0.2) is 48.5 Å². The number of ether oxygens (including phenoxy) is 1. The largest absolute Gasteiger partial charge is 0.367 e. The molecular formula is C18H17ClN2O4. The molecule has 1 aliphatic heterocycles. The molecule has 0 saturated carbocycles. The minimum atomic E-state index is -0.540. The smallest absolute Gasteiger partial charge is 0.270 e. The Labute approximate surface area is 150 Å². The maximum Gasteiger partial charge on any atom is 0.270 e. The monoisotopic (exact) mass is 360 g/mol. The van der Waals surface area contributed by atoms with E-state index >= 15 is 0 Å². The van der Waals surface area contributed by atoms with E-state index < -0.39 is 4.92 Å². The summed E-state index contributed by atoms with van der Waals surface area (Å²) in [7, 11) is 0. The van der Waals surface area contributed by atoms with Crippen LogP contribution in [0.25, 0.3) is 0 Å². The van der Waals surface area contributed by atoms with Crippen LogP contribution in [0.4, 0.5) is 5.69 Å². The standard InChI is InChI=1S/C18H17ClN2O4/c1-12-10-20(11-17(25-12)13-5-3-2-4-6-13)18(22)15-9-14(21(23)24)7-8-16(15)19/h2-9,12,17H,10-11H2,1H3. The Kier molecular flexibility index (Phi) is 5.01. The number of carbonyl (C=O) groups excluding carboxylic acids is 1.